The predicted octanol–water partition coefficient (Wildman–Crippen LogP) is 1.82. The number of ether oxygens (including phenoxy) is 1. The number of nitrogens with zero attached hydrogens (tertiary/aromatic N) is 1. The van der Waals surface area contributed by atoms with Gasteiger partial charge in [-0.3, -0.25) is 0 Å². The van der Waals surface area contributed by atoms with Gasteiger partial charge in [0.15, 0.2) is 11.6 Å². The van der Waals surface area contributed by atoms with Crippen LogP contribution in [0.25, 0.3) is 0 Å². The molecule has 0 unspecified atom stereocenters. The molecule has 0 aromatic heterocycles. The van der Waals surface area contributed by atoms with Gasteiger partial charge < -0.3 is 4.74 Å². The maximum atomic E-state index is 13.1. The summed E-state index contributed by atoms with van der Waals surface area (Å²) in [6.45, 7) is 0. The van der Waals surface area contributed by atoms with Crippen molar-refractivity contribution in [1.29, 1.82) is 5.26 Å². The van der Waals surface area contributed by atoms with Gasteiger partial charge in [-0.2, -0.15) is 5.26 Å². The van der Waals surface area contributed by atoms with Crippen LogP contribution in [0.5, 0.6) is 0 Å². The molecule has 0 aliphatic carbocycles. The fourth-order valence-electron chi connectivity index (χ4n) is 1.10. The molecule has 0 bridgehead atoms. The lowest BCUT2D eigenvalue weighted by molar-refractivity contribution is 0.0594. The molecule has 0 amide bonds. The molecule has 0 saturated carbocycles. The minimum atomic E-state index is -1.26. The Morgan fingerprint density at radius 2 is 2.20 bits per heavy atom. The Hall–Kier alpha value is -1.96. The van der Waals surface area contributed by atoms with E-state index in [-0.39, 0.29) is 12.0 Å². The van der Waals surface area contributed by atoms with Crippen molar-refractivity contribution in [3.8, 4) is 6.07 Å². The molecule has 0 atom stereocenters. The van der Waals surface area contributed by atoms with Gasteiger partial charge in [-0.1, -0.05) is 0 Å². The van der Waals surface area contributed by atoms with Crippen molar-refractivity contribution in [2.75, 3.05) is 7.11 Å². The van der Waals surface area contributed by atoms with Crippen molar-refractivity contribution in [2.24, 2.45) is 0 Å². The monoisotopic (exact) mass is 211 g/mol. The fourth-order valence-corrected chi connectivity index (χ4v) is 1.10. The molecule has 0 radical (unpaired) electrons. The van der Waals surface area contributed by atoms with Gasteiger partial charge in [0.05, 0.1) is 25.2 Å². The smallest absolute Gasteiger partial charge is 0.340 e. The second-order valence-corrected chi connectivity index (χ2v) is 2.77. The summed E-state index contributed by atoms with van der Waals surface area (Å²) in [7, 11) is 1.07. The average molecular weight is 211 g/mol. The van der Waals surface area contributed by atoms with E-state index < -0.39 is 23.2 Å². The third-order valence-corrected chi connectivity index (χ3v) is 1.78. The fraction of sp³-hybridized carbons (Fsp3) is 0.200. The SMILES string of the molecule is COC(=O)c1cc(CC#N)cc(F)c1F. The van der Waals surface area contributed by atoms with Crippen LogP contribution in [0, 0.1) is 23.0 Å². The van der Waals surface area contributed by atoms with E-state index in [2.05, 4.69) is 4.74 Å². The molecule has 15 heavy (non-hydrogen) atoms. The summed E-state index contributed by atoms with van der Waals surface area (Å²) in [5, 5.41) is 8.38. The molecule has 1 aromatic rings. The Bertz CT molecular complexity index is 438. The average Bonchev–Trinajstić information content (AvgIpc) is 2.22. The van der Waals surface area contributed by atoms with Gasteiger partial charge in [0.1, 0.15) is 0 Å². The van der Waals surface area contributed by atoms with Gasteiger partial charge in [0, 0.05) is 0 Å². The van der Waals surface area contributed by atoms with E-state index >= 15 is 0 Å². The molecule has 3 nitrogen and oxygen atoms in total. The normalized spacial score (nSPS) is 9.47. The number of esters is 1. The number of benzene rings is 1. The van der Waals surface area contributed by atoms with Crippen LogP contribution in [0.3, 0.4) is 0 Å². The second-order valence-electron chi connectivity index (χ2n) is 2.77. The van der Waals surface area contributed by atoms with Crippen molar-refractivity contribution in [3.63, 3.8) is 0 Å². The van der Waals surface area contributed by atoms with E-state index in [1.807, 2.05) is 0 Å². The molecule has 0 spiro atoms. The summed E-state index contributed by atoms with van der Waals surface area (Å²) < 4.78 is 30.3. The quantitative estimate of drug-likeness (QED) is 0.701. The van der Waals surface area contributed by atoms with Crippen LogP contribution in [0.2, 0.25) is 0 Å². The molecule has 0 aliphatic rings. The van der Waals surface area contributed by atoms with Crippen molar-refractivity contribution < 1.29 is 18.3 Å². The summed E-state index contributed by atoms with van der Waals surface area (Å²) in [4.78, 5) is 11.0. The number of hydrogen-bond acceptors (Lipinski definition) is 3. The summed E-state index contributed by atoms with van der Waals surface area (Å²) in [5.41, 5.74) is -0.264. The minimum absolute atomic E-state index is 0.0960. The molecule has 1 rings (SSSR count). The Labute approximate surface area is 84.9 Å². The molecule has 0 saturated heterocycles. The Morgan fingerprint density at radius 3 is 2.73 bits per heavy atom. The van der Waals surface area contributed by atoms with E-state index in [1.54, 1.807) is 6.07 Å². The molecular weight excluding hydrogens is 204 g/mol. The number of methoxy groups -OCH3 is 1. The summed E-state index contributed by atoms with van der Waals surface area (Å²) in [6, 6.07) is 3.76. The molecule has 5 heteroatoms. The van der Waals surface area contributed by atoms with E-state index in [0.717, 1.165) is 19.2 Å². The first-order chi connectivity index (χ1) is 7.10. The standard InChI is InChI=1S/C10H7F2NO2/c1-15-10(14)7-4-6(2-3-13)5-8(11)9(7)12/h4-5H,2H2,1H3. The summed E-state index contributed by atoms with van der Waals surface area (Å²) in [5.74, 6) is -3.39. The van der Waals surface area contributed by atoms with Crippen molar-refractivity contribution in [1.82, 2.24) is 0 Å². The maximum absolute atomic E-state index is 13.1. The number of hydrogen-bond donors (Lipinski definition) is 0. The number of rotatable bonds is 2. The Balaban J connectivity index is 3.26. The lowest BCUT2D eigenvalue weighted by atomic mass is 10.1. The number of carbonyl (C=O) groups excluding carboxylic acids is 1. The highest BCUT2D eigenvalue weighted by atomic mass is 19.2. The van der Waals surface area contributed by atoms with Crippen LogP contribution in [0.1, 0.15) is 15.9 Å². The number of carbonyl (C=O) groups is 1. The molecule has 0 aliphatic heterocycles. The van der Waals surface area contributed by atoms with E-state index in [4.69, 9.17) is 5.26 Å². The van der Waals surface area contributed by atoms with Crippen LogP contribution in [0.15, 0.2) is 12.1 Å². The molecule has 78 valence electrons. The zero-order valence-electron chi connectivity index (χ0n) is 7.88. The third-order valence-electron chi connectivity index (χ3n) is 1.78. The van der Waals surface area contributed by atoms with Crippen LogP contribution in [-0.4, -0.2) is 13.1 Å². The van der Waals surface area contributed by atoms with Gasteiger partial charge in [0.2, 0.25) is 0 Å². The van der Waals surface area contributed by atoms with Crippen LogP contribution in [0.4, 0.5) is 8.78 Å². The van der Waals surface area contributed by atoms with Gasteiger partial charge in [0.25, 0.3) is 0 Å². The van der Waals surface area contributed by atoms with Gasteiger partial charge >= 0.3 is 5.97 Å². The molecule has 0 fully saturated rings. The zero-order valence-corrected chi connectivity index (χ0v) is 7.88. The summed E-state index contributed by atoms with van der Waals surface area (Å²) in [6.07, 6.45) is -0.0960. The van der Waals surface area contributed by atoms with Gasteiger partial charge in [-0.05, 0) is 17.7 Å². The molecular formula is C10H7F2NO2. The van der Waals surface area contributed by atoms with E-state index in [9.17, 15) is 13.6 Å². The molecule has 0 heterocycles. The van der Waals surface area contributed by atoms with Crippen molar-refractivity contribution in [2.45, 2.75) is 6.42 Å². The lowest BCUT2D eigenvalue weighted by Gasteiger charge is -2.04. The highest BCUT2D eigenvalue weighted by Gasteiger charge is 2.17. The highest BCUT2D eigenvalue weighted by molar-refractivity contribution is 5.89. The molecule has 1 aromatic carbocycles. The van der Waals surface area contributed by atoms with Crippen LogP contribution in [-0.2, 0) is 11.2 Å². The van der Waals surface area contributed by atoms with E-state index in [1.165, 1.54) is 0 Å². The lowest BCUT2D eigenvalue weighted by Crippen LogP contribution is -2.07. The first kappa shape index (κ1) is 11.1. The van der Waals surface area contributed by atoms with Gasteiger partial charge in [-0.15, -0.1) is 0 Å². The molecule has 0 N–H and O–H groups in total. The first-order valence-corrected chi connectivity index (χ1v) is 4.03. The zero-order chi connectivity index (χ0) is 11.4. The summed E-state index contributed by atoms with van der Waals surface area (Å²) >= 11 is 0. The predicted molar refractivity (Wildman–Crippen MR) is 47.0 cm³/mol. The number of halogens is 2. The van der Waals surface area contributed by atoms with E-state index in [0.29, 0.717) is 0 Å². The topological polar surface area (TPSA) is 50.1 Å². The van der Waals surface area contributed by atoms with Crippen molar-refractivity contribution >= 4 is 5.97 Å². The van der Waals surface area contributed by atoms with Crippen molar-refractivity contribution in [3.05, 3.63) is 34.9 Å². The maximum Gasteiger partial charge on any atom is 0.340 e. The minimum Gasteiger partial charge on any atom is -0.465 e. The largest absolute Gasteiger partial charge is 0.465 e. The first-order valence-electron chi connectivity index (χ1n) is 4.03. The Morgan fingerprint density at radius 1 is 1.53 bits per heavy atom. The number of nitriles is 1. The highest BCUT2D eigenvalue weighted by Crippen LogP contribution is 2.16. The third kappa shape index (κ3) is 2.29. The van der Waals surface area contributed by atoms with Crippen LogP contribution < -0.4 is 0 Å². The van der Waals surface area contributed by atoms with Gasteiger partial charge in [-0.25, -0.2) is 13.6 Å². The van der Waals surface area contributed by atoms with Crippen LogP contribution >= 0.6 is 0 Å². The Kier molecular flexibility index (Phi) is 3.34. The second kappa shape index (κ2) is 4.51.